The Morgan fingerprint density at radius 3 is 2.76 bits per heavy atom. The molecule has 2 aromatic heterocycles. The van der Waals surface area contributed by atoms with Crippen LogP contribution in [0.1, 0.15) is 22.6 Å². The van der Waals surface area contributed by atoms with Gasteiger partial charge in [-0.1, -0.05) is 12.1 Å². The van der Waals surface area contributed by atoms with E-state index in [0.29, 0.717) is 5.92 Å². The number of halogens is 1. The number of aromatic nitrogens is 2. The molecule has 0 bridgehead atoms. The van der Waals surface area contributed by atoms with E-state index in [1.54, 1.807) is 12.1 Å². The van der Waals surface area contributed by atoms with Crippen molar-refractivity contribution in [3.8, 4) is 10.4 Å². The number of carbonyl (C=O) groups is 1. The standard InChI is InChI=1S/C18H16FN3OS2/c19-12-3-1-11(2-4-12)15-8-13-14(7-10-5-6-24-9-10)21-22-16(18(20)23)17(13)25-15/h1-4,8,10H,5-7,9H2,(H2,20,23). The van der Waals surface area contributed by atoms with Crippen molar-refractivity contribution in [1.82, 2.24) is 10.2 Å². The van der Waals surface area contributed by atoms with Gasteiger partial charge in [-0.15, -0.1) is 16.4 Å². The molecule has 1 aliphatic heterocycles. The normalized spacial score (nSPS) is 17.2. The number of benzene rings is 1. The van der Waals surface area contributed by atoms with Gasteiger partial charge in [0.1, 0.15) is 5.82 Å². The van der Waals surface area contributed by atoms with Crippen LogP contribution >= 0.6 is 23.1 Å². The van der Waals surface area contributed by atoms with Crippen molar-refractivity contribution in [2.75, 3.05) is 11.5 Å². The lowest BCUT2D eigenvalue weighted by molar-refractivity contribution is 0.0996. The smallest absolute Gasteiger partial charge is 0.270 e. The SMILES string of the molecule is NC(=O)c1nnc(CC2CCSC2)c2cc(-c3ccc(F)cc3)sc12. The molecule has 1 aromatic carbocycles. The number of primary amides is 1. The first-order valence-corrected chi connectivity index (χ1v) is 10.0. The van der Waals surface area contributed by atoms with E-state index in [0.717, 1.165) is 38.4 Å². The minimum Gasteiger partial charge on any atom is -0.364 e. The van der Waals surface area contributed by atoms with Crippen molar-refractivity contribution in [3.63, 3.8) is 0 Å². The molecule has 128 valence electrons. The van der Waals surface area contributed by atoms with Gasteiger partial charge in [-0.2, -0.15) is 16.9 Å². The Kier molecular flexibility index (Phi) is 4.43. The average molecular weight is 373 g/mol. The number of nitrogens with two attached hydrogens (primary N) is 1. The van der Waals surface area contributed by atoms with Gasteiger partial charge in [0.05, 0.1) is 10.4 Å². The predicted molar refractivity (Wildman–Crippen MR) is 100 cm³/mol. The fourth-order valence-corrected chi connectivity index (χ4v) is 5.54. The molecule has 4 rings (SSSR count). The van der Waals surface area contributed by atoms with Gasteiger partial charge in [-0.25, -0.2) is 4.39 Å². The van der Waals surface area contributed by atoms with Crippen molar-refractivity contribution in [1.29, 1.82) is 0 Å². The summed E-state index contributed by atoms with van der Waals surface area (Å²) in [5, 5.41) is 9.32. The molecule has 3 heterocycles. The monoisotopic (exact) mass is 373 g/mol. The van der Waals surface area contributed by atoms with Crippen LogP contribution in [-0.4, -0.2) is 27.6 Å². The van der Waals surface area contributed by atoms with Gasteiger partial charge < -0.3 is 5.73 Å². The van der Waals surface area contributed by atoms with Crippen molar-refractivity contribution >= 4 is 39.1 Å². The molecule has 0 aliphatic carbocycles. The van der Waals surface area contributed by atoms with Crippen molar-refractivity contribution in [2.24, 2.45) is 11.7 Å². The maximum absolute atomic E-state index is 13.2. The van der Waals surface area contributed by atoms with Crippen LogP contribution in [0.5, 0.6) is 0 Å². The highest BCUT2D eigenvalue weighted by Gasteiger charge is 2.22. The fourth-order valence-electron chi connectivity index (χ4n) is 3.08. The Hall–Kier alpha value is -1.99. The van der Waals surface area contributed by atoms with Crippen LogP contribution in [0, 0.1) is 11.7 Å². The summed E-state index contributed by atoms with van der Waals surface area (Å²) in [5.74, 6) is 2.07. The maximum atomic E-state index is 13.2. The number of amides is 1. The molecule has 1 fully saturated rings. The van der Waals surface area contributed by atoms with Crippen LogP contribution in [0.2, 0.25) is 0 Å². The molecule has 1 aliphatic rings. The molecule has 1 amide bonds. The van der Waals surface area contributed by atoms with Crippen LogP contribution in [0.25, 0.3) is 20.5 Å². The lowest BCUT2D eigenvalue weighted by atomic mass is 10.0. The predicted octanol–water partition coefficient (Wildman–Crippen LogP) is 3.89. The second-order valence-electron chi connectivity index (χ2n) is 6.15. The first-order valence-electron chi connectivity index (χ1n) is 8.04. The molecule has 0 spiro atoms. The number of hydrogen-bond acceptors (Lipinski definition) is 5. The van der Waals surface area contributed by atoms with E-state index >= 15 is 0 Å². The van der Waals surface area contributed by atoms with E-state index in [2.05, 4.69) is 10.2 Å². The summed E-state index contributed by atoms with van der Waals surface area (Å²) < 4.78 is 14.0. The molecule has 1 atom stereocenters. The second-order valence-corrected chi connectivity index (χ2v) is 8.36. The van der Waals surface area contributed by atoms with Crippen LogP contribution < -0.4 is 5.73 Å². The summed E-state index contributed by atoms with van der Waals surface area (Å²) in [5.41, 5.74) is 7.50. The second kappa shape index (κ2) is 6.72. The first kappa shape index (κ1) is 16.5. The summed E-state index contributed by atoms with van der Waals surface area (Å²) in [6, 6.07) is 8.35. The molecule has 3 aromatic rings. The molecule has 0 radical (unpaired) electrons. The summed E-state index contributed by atoms with van der Waals surface area (Å²) >= 11 is 3.42. The third kappa shape index (κ3) is 3.26. The van der Waals surface area contributed by atoms with Crippen molar-refractivity contribution in [2.45, 2.75) is 12.8 Å². The van der Waals surface area contributed by atoms with Crippen molar-refractivity contribution < 1.29 is 9.18 Å². The van der Waals surface area contributed by atoms with Gasteiger partial charge in [-0.05, 0) is 54.0 Å². The van der Waals surface area contributed by atoms with Crippen LogP contribution in [0.4, 0.5) is 4.39 Å². The van der Waals surface area contributed by atoms with Crippen molar-refractivity contribution in [3.05, 3.63) is 47.5 Å². The molecule has 1 unspecified atom stereocenters. The number of nitrogens with zero attached hydrogens (tertiary/aromatic N) is 2. The quantitative estimate of drug-likeness (QED) is 0.753. The third-order valence-electron chi connectivity index (χ3n) is 4.40. The number of thioether (sulfide) groups is 1. The summed E-state index contributed by atoms with van der Waals surface area (Å²) in [6.07, 6.45) is 2.04. The van der Waals surface area contributed by atoms with Gasteiger partial charge >= 0.3 is 0 Å². The Morgan fingerprint density at radius 2 is 2.08 bits per heavy atom. The molecular weight excluding hydrogens is 357 g/mol. The Morgan fingerprint density at radius 1 is 1.28 bits per heavy atom. The summed E-state index contributed by atoms with van der Waals surface area (Å²) in [6.45, 7) is 0. The molecule has 1 saturated heterocycles. The average Bonchev–Trinajstić information content (AvgIpc) is 3.25. The molecule has 2 N–H and O–H groups in total. The van der Waals surface area contributed by atoms with Gasteiger partial charge in [0.15, 0.2) is 5.69 Å². The number of fused-ring (bicyclic) bond motifs is 1. The highest BCUT2D eigenvalue weighted by atomic mass is 32.2. The van der Waals surface area contributed by atoms with Gasteiger partial charge in [-0.3, -0.25) is 4.79 Å². The Labute approximate surface area is 152 Å². The lowest BCUT2D eigenvalue weighted by Gasteiger charge is -2.08. The minimum absolute atomic E-state index is 0.206. The number of carbonyl (C=O) groups excluding carboxylic acids is 1. The van der Waals surface area contributed by atoms with Crippen LogP contribution in [0.15, 0.2) is 30.3 Å². The molecule has 0 saturated carbocycles. The zero-order valence-electron chi connectivity index (χ0n) is 13.4. The zero-order chi connectivity index (χ0) is 17.4. The molecule has 25 heavy (non-hydrogen) atoms. The molecular formula is C18H16FN3OS2. The summed E-state index contributed by atoms with van der Waals surface area (Å²) in [7, 11) is 0. The van der Waals surface area contributed by atoms with E-state index < -0.39 is 5.91 Å². The van der Waals surface area contributed by atoms with Crippen LogP contribution in [0.3, 0.4) is 0 Å². The van der Waals surface area contributed by atoms with Gasteiger partial charge in [0.2, 0.25) is 0 Å². The highest BCUT2D eigenvalue weighted by molar-refractivity contribution is 7.99. The van der Waals surface area contributed by atoms with E-state index in [9.17, 15) is 9.18 Å². The van der Waals surface area contributed by atoms with Gasteiger partial charge in [0, 0.05) is 10.3 Å². The lowest BCUT2D eigenvalue weighted by Crippen LogP contribution is -2.15. The number of rotatable bonds is 4. The van der Waals surface area contributed by atoms with Crippen LogP contribution in [-0.2, 0) is 6.42 Å². The minimum atomic E-state index is -0.576. The maximum Gasteiger partial charge on any atom is 0.270 e. The van der Waals surface area contributed by atoms with E-state index in [1.165, 1.54) is 35.6 Å². The highest BCUT2D eigenvalue weighted by Crippen LogP contribution is 2.37. The zero-order valence-corrected chi connectivity index (χ0v) is 15.0. The topological polar surface area (TPSA) is 68.9 Å². The Balaban J connectivity index is 1.82. The Bertz CT molecular complexity index is 933. The van der Waals surface area contributed by atoms with Gasteiger partial charge in [0.25, 0.3) is 5.91 Å². The third-order valence-corrected chi connectivity index (χ3v) is 6.82. The largest absolute Gasteiger partial charge is 0.364 e. The molecule has 7 heteroatoms. The number of thiophene rings is 1. The van der Waals surface area contributed by atoms with E-state index in [4.69, 9.17) is 5.73 Å². The molecule has 4 nitrogen and oxygen atoms in total. The summed E-state index contributed by atoms with van der Waals surface area (Å²) in [4.78, 5) is 12.7. The first-order chi connectivity index (χ1) is 12.1. The van der Waals surface area contributed by atoms with E-state index in [-0.39, 0.29) is 11.5 Å². The van der Waals surface area contributed by atoms with E-state index in [1.807, 2.05) is 17.8 Å². The fraction of sp³-hybridized carbons (Fsp3) is 0.278. The number of hydrogen-bond donors (Lipinski definition) is 1.